The Balaban J connectivity index is 2.13. The smallest absolute Gasteiger partial charge is 0.232 e. The summed E-state index contributed by atoms with van der Waals surface area (Å²) in [5.41, 5.74) is 5.33. The number of morpholine rings is 1. The van der Waals surface area contributed by atoms with Crippen LogP contribution in [-0.4, -0.2) is 55.2 Å². The van der Waals surface area contributed by atoms with Crippen molar-refractivity contribution in [3.8, 4) is 0 Å². The summed E-state index contributed by atoms with van der Waals surface area (Å²) in [4.78, 5) is 13.3. The quantitative estimate of drug-likeness (QED) is 0.629. The first kappa shape index (κ1) is 10.8. The molecule has 0 aliphatic carbocycles. The van der Waals surface area contributed by atoms with Gasteiger partial charge in [0.1, 0.15) is 0 Å². The van der Waals surface area contributed by atoms with Gasteiger partial charge in [0.25, 0.3) is 0 Å². The summed E-state index contributed by atoms with van der Waals surface area (Å²) in [5.74, 6) is 1.62. The zero-order chi connectivity index (χ0) is 9.52. The number of thioether (sulfide) groups is 1. The molecule has 1 fully saturated rings. The number of rotatable bonds is 4. The Labute approximate surface area is 82.8 Å². The van der Waals surface area contributed by atoms with Crippen LogP contribution in [0.3, 0.4) is 0 Å². The third-order valence-corrected chi connectivity index (χ3v) is 2.83. The standard InChI is InChI=1S/C8H16N2O2S/c9-1-6-13-7-8(11)10-2-4-12-5-3-10/h1-7,9H2. The van der Waals surface area contributed by atoms with Gasteiger partial charge in [-0.15, -0.1) is 0 Å². The van der Waals surface area contributed by atoms with Crippen molar-refractivity contribution in [2.24, 2.45) is 5.73 Å². The van der Waals surface area contributed by atoms with Crippen molar-refractivity contribution in [1.29, 1.82) is 0 Å². The fraction of sp³-hybridized carbons (Fsp3) is 0.875. The van der Waals surface area contributed by atoms with Gasteiger partial charge in [0.2, 0.25) is 5.91 Å². The van der Waals surface area contributed by atoms with Crippen LogP contribution in [0.4, 0.5) is 0 Å². The third kappa shape index (κ3) is 3.97. The van der Waals surface area contributed by atoms with Crippen molar-refractivity contribution in [2.45, 2.75) is 0 Å². The van der Waals surface area contributed by atoms with Crippen LogP contribution in [-0.2, 0) is 9.53 Å². The van der Waals surface area contributed by atoms with Crippen LogP contribution in [0.1, 0.15) is 0 Å². The van der Waals surface area contributed by atoms with Gasteiger partial charge in [-0.05, 0) is 0 Å². The summed E-state index contributed by atoms with van der Waals surface area (Å²) in [6, 6.07) is 0. The minimum absolute atomic E-state index is 0.210. The molecule has 0 saturated carbocycles. The van der Waals surface area contributed by atoms with E-state index in [1.165, 1.54) is 0 Å². The molecule has 1 rings (SSSR count). The molecule has 13 heavy (non-hydrogen) atoms. The molecule has 0 aromatic rings. The van der Waals surface area contributed by atoms with Crippen molar-refractivity contribution >= 4 is 17.7 Å². The van der Waals surface area contributed by atoms with E-state index in [4.69, 9.17) is 10.5 Å². The van der Waals surface area contributed by atoms with Crippen molar-refractivity contribution in [1.82, 2.24) is 4.90 Å². The van der Waals surface area contributed by atoms with Gasteiger partial charge < -0.3 is 15.4 Å². The second kappa shape index (κ2) is 6.23. The van der Waals surface area contributed by atoms with E-state index in [9.17, 15) is 4.79 Å². The minimum Gasteiger partial charge on any atom is -0.378 e. The number of ether oxygens (including phenoxy) is 1. The maximum Gasteiger partial charge on any atom is 0.232 e. The van der Waals surface area contributed by atoms with Crippen molar-refractivity contribution in [3.05, 3.63) is 0 Å². The first-order valence-electron chi connectivity index (χ1n) is 4.48. The number of carbonyl (C=O) groups is 1. The molecule has 1 aliphatic heterocycles. The van der Waals surface area contributed by atoms with Gasteiger partial charge in [-0.1, -0.05) is 0 Å². The Bertz CT molecular complexity index is 160. The van der Waals surface area contributed by atoms with Crippen molar-refractivity contribution < 1.29 is 9.53 Å². The Morgan fingerprint density at radius 1 is 1.46 bits per heavy atom. The van der Waals surface area contributed by atoms with E-state index in [0.717, 1.165) is 18.8 Å². The summed E-state index contributed by atoms with van der Waals surface area (Å²) in [5, 5.41) is 0. The number of hydrogen-bond donors (Lipinski definition) is 1. The van der Waals surface area contributed by atoms with E-state index >= 15 is 0 Å². The van der Waals surface area contributed by atoms with Crippen molar-refractivity contribution in [3.63, 3.8) is 0 Å². The highest BCUT2D eigenvalue weighted by atomic mass is 32.2. The zero-order valence-electron chi connectivity index (χ0n) is 7.70. The lowest BCUT2D eigenvalue weighted by molar-refractivity contribution is -0.132. The summed E-state index contributed by atoms with van der Waals surface area (Å²) in [6.07, 6.45) is 0. The lowest BCUT2D eigenvalue weighted by Crippen LogP contribution is -2.41. The lowest BCUT2D eigenvalue weighted by Gasteiger charge is -2.26. The molecule has 0 radical (unpaired) electrons. The molecular weight excluding hydrogens is 188 g/mol. The Kier molecular flexibility index (Phi) is 5.19. The van der Waals surface area contributed by atoms with Gasteiger partial charge in [0.15, 0.2) is 0 Å². The topological polar surface area (TPSA) is 55.6 Å². The number of carbonyl (C=O) groups excluding carboxylic acids is 1. The largest absolute Gasteiger partial charge is 0.378 e. The summed E-state index contributed by atoms with van der Waals surface area (Å²) < 4.78 is 5.15. The normalized spacial score (nSPS) is 17.5. The zero-order valence-corrected chi connectivity index (χ0v) is 8.52. The minimum atomic E-state index is 0.210. The molecule has 4 nitrogen and oxygen atoms in total. The maximum atomic E-state index is 11.5. The molecule has 1 heterocycles. The Morgan fingerprint density at radius 2 is 2.15 bits per heavy atom. The first-order chi connectivity index (χ1) is 6.34. The first-order valence-corrected chi connectivity index (χ1v) is 5.63. The van der Waals surface area contributed by atoms with E-state index in [1.807, 2.05) is 4.90 Å². The van der Waals surface area contributed by atoms with Gasteiger partial charge in [0, 0.05) is 25.4 Å². The van der Waals surface area contributed by atoms with Gasteiger partial charge in [-0.3, -0.25) is 4.79 Å². The molecular formula is C8H16N2O2S. The van der Waals surface area contributed by atoms with E-state index in [2.05, 4.69) is 0 Å². The highest BCUT2D eigenvalue weighted by Crippen LogP contribution is 2.03. The van der Waals surface area contributed by atoms with Crippen LogP contribution in [0, 0.1) is 0 Å². The van der Waals surface area contributed by atoms with Gasteiger partial charge >= 0.3 is 0 Å². The molecule has 1 saturated heterocycles. The maximum absolute atomic E-state index is 11.5. The second-order valence-corrected chi connectivity index (χ2v) is 3.94. The average molecular weight is 204 g/mol. The van der Waals surface area contributed by atoms with Crippen LogP contribution in [0.25, 0.3) is 0 Å². The molecule has 1 aliphatic rings. The third-order valence-electron chi connectivity index (χ3n) is 1.85. The molecule has 0 atom stereocenters. The summed E-state index contributed by atoms with van der Waals surface area (Å²) in [6.45, 7) is 3.46. The lowest BCUT2D eigenvalue weighted by atomic mass is 10.4. The molecule has 0 bridgehead atoms. The van der Waals surface area contributed by atoms with E-state index in [-0.39, 0.29) is 5.91 Å². The average Bonchev–Trinajstić information content (AvgIpc) is 2.19. The molecule has 0 aromatic heterocycles. The predicted molar refractivity (Wildman–Crippen MR) is 53.8 cm³/mol. The second-order valence-electron chi connectivity index (χ2n) is 2.83. The van der Waals surface area contributed by atoms with Crippen LogP contribution in [0.15, 0.2) is 0 Å². The van der Waals surface area contributed by atoms with Crippen LogP contribution in [0.5, 0.6) is 0 Å². The van der Waals surface area contributed by atoms with E-state index in [0.29, 0.717) is 25.5 Å². The predicted octanol–water partition coefficient (Wildman–Crippen LogP) is -0.463. The highest BCUT2D eigenvalue weighted by molar-refractivity contribution is 7.99. The molecule has 0 aromatic carbocycles. The number of nitrogens with zero attached hydrogens (tertiary/aromatic N) is 1. The number of hydrogen-bond acceptors (Lipinski definition) is 4. The molecule has 2 N–H and O–H groups in total. The molecule has 0 spiro atoms. The molecule has 5 heteroatoms. The fourth-order valence-corrected chi connectivity index (χ4v) is 1.82. The van der Waals surface area contributed by atoms with Gasteiger partial charge in [-0.2, -0.15) is 11.8 Å². The monoisotopic (exact) mass is 204 g/mol. The Hall–Kier alpha value is -0.260. The van der Waals surface area contributed by atoms with E-state index < -0.39 is 0 Å². The van der Waals surface area contributed by atoms with Gasteiger partial charge in [0.05, 0.1) is 19.0 Å². The number of amides is 1. The SMILES string of the molecule is NCCSCC(=O)N1CCOCC1. The summed E-state index contributed by atoms with van der Waals surface area (Å²) >= 11 is 1.60. The summed E-state index contributed by atoms with van der Waals surface area (Å²) in [7, 11) is 0. The van der Waals surface area contributed by atoms with Crippen LogP contribution >= 0.6 is 11.8 Å². The fourth-order valence-electron chi connectivity index (χ4n) is 1.15. The van der Waals surface area contributed by atoms with Gasteiger partial charge in [-0.25, -0.2) is 0 Å². The molecule has 1 amide bonds. The number of nitrogens with two attached hydrogens (primary N) is 1. The molecule has 76 valence electrons. The van der Waals surface area contributed by atoms with Crippen LogP contribution in [0.2, 0.25) is 0 Å². The highest BCUT2D eigenvalue weighted by Gasteiger charge is 2.15. The van der Waals surface area contributed by atoms with Crippen molar-refractivity contribution in [2.75, 3.05) is 44.4 Å². The van der Waals surface area contributed by atoms with Crippen LogP contribution < -0.4 is 5.73 Å². The van der Waals surface area contributed by atoms with E-state index in [1.54, 1.807) is 11.8 Å². The molecule has 0 unspecified atom stereocenters. The Morgan fingerprint density at radius 3 is 2.77 bits per heavy atom.